The molecule has 6 nitrogen and oxygen atoms in total. The van der Waals surface area contributed by atoms with Crippen LogP contribution in [0.15, 0.2) is 83.8 Å². The molecule has 190 valence electrons. The van der Waals surface area contributed by atoms with Crippen LogP contribution in [0.25, 0.3) is 0 Å². The van der Waals surface area contributed by atoms with E-state index in [1.165, 1.54) is 28.6 Å². The number of sulfonamides is 1. The molecule has 1 saturated heterocycles. The normalized spacial score (nSPS) is 15.2. The Morgan fingerprint density at radius 3 is 2.22 bits per heavy atom. The molecule has 0 aromatic heterocycles. The van der Waals surface area contributed by atoms with Gasteiger partial charge in [0.15, 0.2) is 5.78 Å². The zero-order chi connectivity index (χ0) is 25.5. The van der Waals surface area contributed by atoms with Crippen LogP contribution in [0.3, 0.4) is 0 Å². The lowest BCUT2D eigenvalue weighted by Crippen LogP contribution is -2.42. The Balaban J connectivity index is 1.41. The van der Waals surface area contributed by atoms with E-state index in [0.29, 0.717) is 50.3 Å². The summed E-state index contributed by atoms with van der Waals surface area (Å²) in [5, 5.41) is 0. The fourth-order valence-electron chi connectivity index (χ4n) is 4.49. The molecule has 1 aliphatic heterocycles. The monoisotopic (exact) mass is 510 g/mol. The first kappa shape index (κ1) is 26.0. The van der Waals surface area contributed by atoms with Gasteiger partial charge in [-0.2, -0.15) is 4.31 Å². The average molecular weight is 511 g/mol. The summed E-state index contributed by atoms with van der Waals surface area (Å²) in [6.45, 7) is 2.59. The molecule has 0 spiro atoms. The van der Waals surface area contributed by atoms with Crippen molar-refractivity contribution in [2.24, 2.45) is 5.92 Å². The van der Waals surface area contributed by atoms with Crippen LogP contribution in [0, 0.1) is 11.7 Å². The maximum Gasteiger partial charge on any atom is 0.243 e. The summed E-state index contributed by atoms with van der Waals surface area (Å²) >= 11 is 0. The molecule has 4 rings (SSSR count). The number of nitrogens with zero attached hydrogens (tertiary/aromatic N) is 2. The van der Waals surface area contributed by atoms with Crippen LogP contribution in [0.5, 0.6) is 5.75 Å². The summed E-state index contributed by atoms with van der Waals surface area (Å²) in [5.74, 6) is 0.185. The van der Waals surface area contributed by atoms with Crippen molar-refractivity contribution in [3.63, 3.8) is 0 Å². The summed E-state index contributed by atoms with van der Waals surface area (Å²) in [7, 11) is -2.18. The number of likely N-dealkylation sites (tertiary alicyclic amines) is 1. The van der Waals surface area contributed by atoms with Crippen molar-refractivity contribution >= 4 is 15.8 Å². The van der Waals surface area contributed by atoms with Crippen LogP contribution in [0.1, 0.15) is 28.8 Å². The first-order valence-corrected chi connectivity index (χ1v) is 13.5. The number of ether oxygens (including phenoxy) is 1. The highest BCUT2D eigenvalue weighted by molar-refractivity contribution is 7.89. The van der Waals surface area contributed by atoms with Gasteiger partial charge >= 0.3 is 0 Å². The molecule has 0 unspecified atom stereocenters. The van der Waals surface area contributed by atoms with Gasteiger partial charge in [-0.05, 0) is 80.0 Å². The van der Waals surface area contributed by atoms with E-state index < -0.39 is 10.0 Å². The van der Waals surface area contributed by atoms with Crippen LogP contribution in [-0.4, -0.2) is 56.7 Å². The first-order chi connectivity index (χ1) is 17.4. The molecular formula is C28H31FN2O4S. The minimum absolute atomic E-state index is 0.0439. The minimum atomic E-state index is -3.72. The van der Waals surface area contributed by atoms with Crippen molar-refractivity contribution in [2.75, 3.05) is 33.3 Å². The fraction of sp³-hybridized carbons (Fsp3) is 0.321. The maximum atomic E-state index is 13.5. The Bertz CT molecular complexity index is 1240. The van der Waals surface area contributed by atoms with Gasteiger partial charge in [0.1, 0.15) is 11.6 Å². The lowest BCUT2D eigenvalue weighted by atomic mass is 9.89. The van der Waals surface area contributed by atoms with E-state index in [0.717, 1.165) is 5.56 Å². The Labute approximate surface area is 212 Å². The van der Waals surface area contributed by atoms with Crippen LogP contribution in [0.2, 0.25) is 0 Å². The molecule has 8 heteroatoms. The number of ketones is 1. The quantitative estimate of drug-likeness (QED) is 0.373. The zero-order valence-corrected chi connectivity index (χ0v) is 21.2. The van der Waals surface area contributed by atoms with Gasteiger partial charge in [0.2, 0.25) is 10.0 Å². The summed E-state index contributed by atoms with van der Waals surface area (Å²) in [6, 6.07) is 21.7. The van der Waals surface area contributed by atoms with Gasteiger partial charge in [0, 0.05) is 31.1 Å². The Morgan fingerprint density at radius 2 is 1.61 bits per heavy atom. The number of methoxy groups -OCH3 is 1. The van der Waals surface area contributed by atoms with Gasteiger partial charge in [-0.15, -0.1) is 0 Å². The summed E-state index contributed by atoms with van der Waals surface area (Å²) in [5.41, 5.74) is 1.45. The zero-order valence-electron chi connectivity index (χ0n) is 20.3. The highest BCUT2D eigenvalue weighted by Gasteiger charge is 2.28. The summed E-state index contributed by atoms with van der Waals surface area (Å²) in [6.07, 6.45) is 1.39. The lowest BCUT2D eigenvalue weighted by Gasteiger charge is -2.33. The van der Waals surface area contributed by atoms with E-state index in [4.69, 9.17) is 4.74 Å². The van der Waals surface area contributed by atoms with Gasteiger partial charge in [0.05, 0.1) is 12.0 Å². The number of piperidine rings is 1. The Kier molecular flexibility index (Phi) is 8.51. The second-order valence-corrected chi connectivity index (χ2v) is 10.9. The first-order valence-electron chi connectivity index (χ1n) is 12.1. The predicted octanol–water partition coefficient (Wildman–Crippen LogP) is 4.62. The molecule has 1 heterocycles. The lowest BCUT2D eigenvalue weighted by molar-refractivity contribution is 0.0836. The van der Waals surface area contributed by atoms with Crippen molar-refractivity contribution in [2.45, 2.75) is 24.3 Å². The fourth-order valence-corrected chi connectivity index (χ4v) is 5.91. The molecule has 0 N–H and O–H groups in total. The van der Waals surface area contributed by atoms with Crippen molar-refractivity contribution in [1.29, 1.82) is 0 Å². The predicted molar refractivity (Wildman–Crippen MR) is 137 cm³/mol. The van der Waals surface area contributed by atoms with Crippen LogP contribution < -0.4 is 4.74 Å². The molecule has 36 heavy (non-hydrogen) atoms. The molecule has 3 aromatic carbocycles. The van der Waals surface area contributed by atoms with E-state index in [2.05, 4.69) is 4.90 Å². The van der Waals surface area contributed by atoms with E-state index >= 15 is 0 Å². The van der Waals surface area contributed by atoms with E-state index in [-0.39, 0.29) is 29.0 Å². The molecular weight excluding hydrogens is 479 g/mol. The molecule has 1 fully saturated rings. The van der Waals surface area contributed by atoms with Crippen molar-refractivity contribution < 1.29 is 22.3 Å². The largest absolute Gasteiger partial charge is 0.497 e. The van der Waals surface area contributed by atoms with Crippen molar-refractivity contribution in [3.05, 3.63) is 95.8 Å². The summed E-state index contributed by atoms with van der Waals surface area (Å²) < 4.78 is 46.9. The van der Waals surface area contributed by atoms with Crippen molar-refractivity contribution in [3.8, 4) is 5.75 Å². The number of halogens is 1. The molecule has 1 aliphatic rings. The van der Waals surface area contributed by atoms with Gasteiger partial charge in [-0.1, -0.05) is 30.3 Å². The standard InChI is InChI=1S/C28H31FN2O4S/c1-35-26-11-13-27(14-12-26)36(33,34)31(21-22-5-3-2-4-6-22)20-19-30-17-15-24(16-18-30)28(32)23-7-9-25(29)10-8-23/h2-14,24H,15-21H2,1H3. The second kappa shape index (κ2) is 11.8. The highest BCUT2D eigenvalue weighted by Crippen LogP contribution is 2.24. The molecule has 0 aliphatic carbocycles. The topological polar surface area (TPSA) is 66.9 Å². The second-order valence-electron chi connectivity index (χ2n) is 8.99. The molecule has 0 radical (unpaired) electrons. The Morgan fingerprint density at radius 1 is 0.972 bits per heavy atom. The third kappa shape index (κ3) is 6.37. The number of carbonyl (C=O) groups is 1. The third-order valence-corrected chi connectivity index (χ3v) is 8.51. The van der Waals surface area contributed by atoms with Gasteiger partial charge in [-0.25, -0.2) is 12.8 Å². The minimum Gasteiger partial charge on any atom is -0.497 e. The molecule has 0 atom stereocenters. The van der Waals surface area contributed by atoms with Crippen molar-refractivity contribution in [1.82, 2.24) is 9.21 Å². The molecule has 0 amide bonds. The van der Waals surface area contributed by atoms with Gasteiger partial charge in [0.25, 0.3) is 0 Å². The van der Waals surface area contributed by atoms with Crippen LogP contribution in [-0.2, 0) is 16.6 Å². The third-order valence-electron chi connectivity index (χ3n) is 6.65. The molecule has 3 aromatic rings. The smallest absolute Gasteiger partial charge is 0.243 e. The molecule has 0 saturated carbocycles. The van der Waals surface area contributed by atoms with E-state index in [1.54, 1.807) is 31.4 Å². The van der Waals surface area contributed by atoms with Crippen LogP contribution in [0.4, 0.5) is 4.39 Å². The van der Waals surface area contributed by atoms with E-state index in [1.807, 2.05) is 30.3 Å². The average Bonchev–Trinajstić information content (AvgIpc) is 2.92. The number of rotatable bonds is 10. The SMILES string of the molecule is COc1ccc(S(=O)(=O)N(CCN2CCC(C(=O)c3ccc(F)cc3)CC2)Cc2ccccc2)cc1. The number of benzene rings is 3. The number of hydrogen-bond donors (Lipinski definition) is 0. The summed E-state index contributed by atoms with van der Waals surface area (Å²) in [4.78, 5) is 15.2. The highest BCUT2D eigenvalue weighted by atomic mass is 32.2. The number of Topliss-reactive ketones (excluding diaryl/α,β-unsaturated/α-hetero) is 1. The van der Waals surface area contributed by atoms with Crippen LogP contribution >= 0.6 is 0 Å². The van der Waals surface area contributed by atoms with Gasteiger partial charge in [-0.3, -0.25) is 4.79 Å². The number of carbonyl (C=O) groups excluding carboxylic acids is 1. The Hall–Kier alpha value is -3.07. The number of hydrogen-bond acceptors (Lipinski definition) is 5. The molecule has 0 bridgehead atoms. The maximum absolute atomic E-state index is 13.5. The van der Waals surface area contributed by atoms with Gasteiger partial charge < -0.3 is 9.64 Å². The van der Waals surface area contributed by atoms with E-state index in [9.17, 15) is 17.6 Å².